The number of anilines is 1. The molecule has 1 amide bonds. The summed E-state index contributed by atoms with van der Waals surface area (Å²) in [5, 5.41) is 12.4. The molecule has 0 saturated heterocycles. The Balaban J connectivity index is 2.03. The summed E-state index contributed by atoms with van der Waals surface area (Å²) in [5.41, 5.74) is 0.851. The highest BCUT2D eigenvalue weighted by Gasteiger charge is 2.24. The molecular formula is C22H29N5O4. The third-order valence-electron chi connectivity index (χ3n) is 4.87. The van der Waals surface area contributed by atoms with Gasteiger partial charge in [0.15, 0.2) is 0 Å². The van der Waals surface area contributed by atoms with Gasteiger partial charge in [0, 0.05) is 11.5 Å². The summed E-state index contributed by atoms with van der Waals surface area (Å²) >= 11 is 0. The highest BCUT2D eigenvalue weighted by atomic mass is 16.5. The van der Waals surface area contributed by atoms with Crippen LogP contribution in [0.3, 0.4) is 0 Å². The molecule has 2 aromatic heterocycles. The number of nitrogens with one attached hydrogen (secondary N) is 1. The van der Waals surface area contributed by atoms with E-state index in [1.807, 2.05) is 34.6 Å². The Kier molecular flexibility index (Phi) is 6.06. The Labute approximate surface area is 181 Å². The van der Waals surface area contributed by atoms with Crippen molar-refractivity contribution in [3.8, 4) is 11.5 Å². The first kappa shape index (κ1) is 22.3. The highest BCUT2D eigenvalue weighted by Crippen LogP contribution is 2.29. The van der Waals surface area contributed by atoms with Crippen molar-refractivity contribution in [2.45, 2.75) is 52.6 Å². The summed E-state index contributed by atoms with van der Waals surface area (Å²) in [6, 6.07) is 5.09. The SMILES string of the molecule is COc1ccc(OC)c(NC(=O)Cn2nc(C(C)C)c3cnn(C(C)(C)C)c3c2=O)c1. The Hall–Kier alpha value is -3.36. The van der Waals surface area contributed by atoms with Gasteiger partial charge in [0.05, 0.1) is 37.3 Å². The van der Waals surface area contributed by atoms with Gasteiger partial charge < -0.3 is 14.8 Å². The van der Waals surface area contributed by atoms with Crippen LogP contribution in [0, 0.1) is 0 Å². The Morgan fingerprint density at radius 2 is 1.90 bits per heavy atom. The van der Waals surface area contributed by atoms with E-state index in [-0.39, 0.29) is 18.0 Å². The number of methoxy groups -OCH3 is 2. The molecule has 0 atom stereocenters. The second-order valence-corrected chi connectivity index (χ2v) is 8.61. The van der Waals surface area contributed by atoms with Gasteiger partial charge in [-0.3, -0.25) is 14.3 Å². The Morgan fingerprint density at radius 1 is 1.19 bits per heavy atom. The van der Waals surface area contributed by atoms with Gasteiger partial charge in [-0.25, -0.2) is 4.68 Å². The molecule has 2 heterocycles. The molecule has 0 fully saturated rings. The van der Waals surface area contributed by atoms with Crippen LogP contribution in [-0.4, -0.2) is 39.7 Å². The van der Waals surface area contributed by atoms with E-state index in [0.717, 1.165) is 5.69 Å². The zero-order valence-corrected chi connectivity index (χ0v) is 19.0. The summed E-state index contributed by atoms with van der Waals surface area (Å²) in [6.45, 7) is 9.66. The largest absolute Gasteiger partial charge is 0.497 e. The molecule has 0 bridgehead atoms. The fourth-order valence-corrected chi connectivity index (χ4v) is 3.37. The average molecular weight is 428 g/mol. The average Bonchev–Trinajstić information content (AvgIpc) is 3.15. The van der Waals surface area contributed by atoms with Gasteiger partial charge in [0.1, 0.15) is 23.6 Å². The fraction of sp³-hybridized carbons (Fsp3) is 0.455. The number of carbonyl (C=O) groups excluding carboxylic acids is 1. The van der Waals surface area contributed by atoms with Crippen LogP contribution in [0.4, 0.5) is 5.69 Å². The molecule has 0 radical (unpaired) electrons. The van der Waals surface area contributed by atoms with Gasteiger partial charge in [0.2, 0.25) is 5.91 Å². The molecule has 1 aromatic carbocycles. The zero-order chi connectivity index (χ0) is 22.9. The molecular weight excluding hydrogens is 398 g/mol. The van der Waals surface area contributed by atoms with Gasteiger partial charge in [-0.15, -0.1) is 0 Å². The lowest BCUT2D eigenvalue weighted by atomic mass is 10.1. The predicted molar refractivity (Wildman–Crippen MR) is 119 cm³/mol. The summed E-state index contributed by atoms with van der Waals surface area (Å²) in [6.07, 6.45) is 1.68. The Bertz CT molecular complexity index is 1170. The van der Waals surface area contributed by atoms with E-state index < -0.39 is 11.4 Å². The van der Waals surface area contributed by atoms with Crippen LogP contribution in [0.1, 0.15) is 46.2 Å². The minimum atomic E-state index is -0.406. The molecule has 166 valence electrons. The lowest BCUT2D eigenvalue weighted by molar-refractivity contribution is -0.117. The van der Waals surface area contributed by atoms with Crippen molar-refractivity contribution < 1.29 is 14.3 Å². The Morgan fingerprint density at radius 3 is 2.48 bits per heavy atom. The number of amides is 1. The summed E-state index contributed by atoms with van der Waals surface area (Å²) in [5.74, 6) is 0.702. The molecule has 0 aliphatic rings. The van der Waals surface area contributed by atoms with Crippen LogP contribution in [0.2, 0.25) is 0 Å². The molecule has 9 nitrogen and oxygen atoms in total. The smallest absolute Gasteiger partial charge is 0.293 e. The second kappa shape index (κ2) is 8.41. The molecule has 9 heteroatoms. The van der Waals surface area contributed by atoms with Gasteiger partial charge in [-0.05, 0) is 38.8 Å². The molecule has 3 aromatic rings. The minimum Gasteiger partial charge on any atom is -0.497 e. The lowest BCUT2D eigenvalue weighted by Crippen LogP contribution is -2.34. The summed E-state index contributed by atoms with van der Waals surface area (Å²) < 4.78 is 13.4. The molecule has 0 aliphatic carbocycles. The van der Waals surface area contributed by atoms with E-state index in [1.165, 1.54) is 18.9 Å². The monoisotopic (exact) mass is 427 g/mol. The number of hydrogen-bond acceptors (Lipinski definition) is 6. The number of hydrogen-bond donors (Lipinski definition) is 1. The van der Waals surface area contributed by atoms with Crippen molar-refractivity contribution in [2.75, 3.05) is 19.5 Å². The van der Waals surface area contributed by atoms with Crippen molar-refractivity contribution in [2.24, 2.45) is 0 Å². The predicted octanol–water partition coefficient (Wildman–Crippen LogP) is 3.13. The molecule has 0 aliphatic heterocycles. The third kappa shape index (κ3) is 4.40. The normalized spacial score (nSPS) is 11.7. The van der Waals surface area contributed by atoms with E-state index in [2.05, 4.69) is 15.5 Å². The first-order valence-corrected chi connectivity index (χ1v) is 10.1. The van der Waals surface area contributed by atoms with Crippen molar-refractivity contribution in [1.82, 2.24) is 19.6 Å². The van der Waals surface area contributed by atoms with Gasteiger partial charge in [-0.2, -0.15) is 10.2 Å². The third-order valence-corrected chi connectivity index (χ3v) is 4.87. The standard InChI is InChI=1S/C22H29N5O4/c1-13(2)19-15-11-23-27(22(3,4)5)20(15)21(29)26(25-19)12-18(28)24-16-10-14(30-6)8-9-17(16)31-7/h8-11,13H,12H2,1-7H3,(H,24,28). The first-order valence-electron chi connectivity index (χ1n) is 10.1. The maximum absolute atomic E-state index is 13.3. The number of benzene rings is 1. The number of nitrogens with zero attached hydrogens (tertiary/aromatic N) is 4. The van der Waals surface area contributed by atoms with Crippen LogP contribution >= 0.6 is 0 Å². The van der Waals surface area contributed by atoms with Crippen molar-refractivity contribution >= 4 is 22.5 Å². The molecule has 3 rings (SSSR count). The quantitative estimate of drug-likeness (QED) is 0.649. The van der Waals surface area contributed by atoms with Crippen LogP contribution in [0.25, 0.3) is 10.9 Å². The number of carbonyl (C=O) groups is 1. The van der Waals surface area contributed by atoms with Crippen LogP contribution < -0.4 is 20.3 Å². The van der Waals surface area contributed by atoms with Crippen molar-refractivity contribution in [3.63, 3.8) is 0 Å². The van der Waals surface area contributed by atoms with Crippen LogP contribution in [0.5, 0.6) is 11.5 Å². The molecule has 0 unspecified atom stereocenters. The number of fused-ring (bicyclic) bond motifs is 1. The highest BCUT2D eigenvalue weighted by molar-refractivity contribution is 5.92. The first-order chi connectivity index (χ1) is 14.6. The van der Waals surface area contributed by atoms with Crippen LogP contribution in [-0.2, 0) is 16.9 Å². The number of ether oxygens (including phenoxy) is 2. The van der Waals surface area contributed by atoms with Crippen molar-refractivity contribution in [1.29, 1.82) is 0 Å². The van der Waals surface area contributed by atoms with E-state index in [9.17, 15) is 9.59 Å². The van der Waals surface area contributed by atoms with E-state index in [4.69, 9.17) is 9.47 Å². The van der Waals surface area contributed by atoms with E-state index >= 15 is 0 Å². The summed E-state index contributed by atoms with van der Waals surface area (Å²) in [4.78, 5) is 26.1. The van der Waals surface area contributed by atoms with Gasteiger partial charge in [0.25, 0.3) is 5.56 Å². The molecule has 1 N–H and O–H groups in total. The lowest BCUT2D eigenvalue weighted by Gasteiger charge is -2.21. The van der Waals surface area contributed by atoms with E-state index in [1.54, 1.807) is 29.1 Å². The minimum absolute atomic E-state index is 0.0495. The maximum Gasteiger partial charge on any atom is 0.293 e. The topological polar surface area (TPSA) is 100 Å². The summed E-state index contributed by atoms with van der Waals surface area (Å²) in [7, 11) is 3.05. The molecule has 0 saturated carbocycles. The van der Waals surface area contributed by atoms with Crippen molar-refractivity contribution in [3.05, 3.63) is 40.4 Å². The number of rotatable bonds is 6. The van der Waals surface area contributed by atoms with Gasteiger partial charge >= 0.3 is 0 Å². The van der Waals surface area contributed by atoms with E-state index in [0.29, 0.717) is 28.1 Å². The van der Waals surface area contributed by atoms with Crippen LogP contribution in [0.15, 0.2) is 29.2 Å². The molecule has 31 heavy (non-hydrogen) atoms. The second-order valence-electron chi connectivity index (χ2n) is 8.61. The fourth-order valence-electron chi connectivity index (χ4n) is 3.37. The zero-order valence-electron chi connectivity index (χ0n) is 19.0. The number of aromatic nitrogens is 4. The van der Waals surface area contributed by atoms with Gasteiger partial charge in [-0.1, -0.05) is 13.8 Å². The molecule has 0 spiro atoms. The maximum atomic E-state index is 13.3.